The molecule has 0 fully saturated rings. The second-order valence-corrected chi connectivity index (χ2v) is 5.05. The Hall–Kier alpha value is -0.780. The number of nitrogens with zero attached hydrogens (tertiary/aromatic N) is 2. The van der Waals surface area contributed by atoms with Crippen molar-refractivity contribution < 1.29 is 0 Å². The summed E-state index contributed by atoms with van der Waals surface area (Å²) in [6.45, 7) is 2.70. The van der Waals surface area contributed by atoms with Crippen LogP contribution in [0, 0.1) is 6.92 Å². The maximum absolute atomic E-state index is 5.46. The Balaban J connectivity index is 2.24. The minimum Gasteiger partial charge on any atom is -0.330 e. The van der Waals surface area contributed by atoms with Gasteiger partial charge in [-0.2, -0.15) is 0 Å². The molecule has 0 saturated heterocycles. The summed E-state index contributed by atoms with van der Waals surface area (Å²) in [7, 11) is 0. The summed E-state index contributed by atoms with van der Waals surface area (Å²) in [5.74, 6) is 0. The number of nitrogens with two attached hydrogens (primary N) is 1. The first-order chi connectivity index (χ1) is 6.79. The van der Waals surface area contributed by atoms with Gasteiger partial charge in [-0.1, -0.05) is 0 Å². The smallest absolute Gasteiger partial charge is 0.152 e. The molecule has 0 saturated carbocycles. The van der Waals surface area contributed by atoms with E-state index in [4.69, 9.17) is 5.73 Å². The third-order valence-electron chi connectivity index (χ3n) is 1.76. The molecular formula is C9H11N3S2. The summed E-state index contributed by atoms with van der Waals surface area (Å²) in [6, 6.07) is 0. The monoisotopic (exact) mass is 225 g/mol. The molecule has 3 nitrogen and oxygen atoms in total. The van der Waals surface area contributed by atoms with Gasteiger partial charge in [0.25, 0.3) is 0 Å². The second kappa shape index (κ2) is 4.16. The van der Waals surface area contributed by atoms with Gasteiger partial charge in [0, 0.05) is 22.9 Å². The summed E-state index contributed by atoms with van der Waals surface area (Å²) in [4.78, 5) is 9.98. The van der Waals surface area contributed by atoms with Gasteiger partial charge in [-0.3, -0.25) is 0 Å². The van der Waals surface area contributed by atoms with Crippen LogP contribution in [-0.2, 0) is 6.42 Å². The zero-order chi connectivity index (χ0) is 9.97. The van der Waals surface area contributed by atoms with Gasteiger partial charge in [0.05, 0.1) is 5.69 Å². The molecule has 14 heavy (non-hydrogen) atoms. The fraction of sp³-hybridized carbons (Fsp3) is 0.333. The number of hydrogen-bond donors (Lipinski definition) is 1. The normalized spacial score (nSPS) is 10.7. The third kappa shape index (κ3) is 2.00. The predicted octanol–water partition coefficient (Wildman–Crippen LogP) is 2.08. The quantitative estimate of drug-likeness (QED) is 0.870. The fourth-order valence-electron chi connectivity index (χ4n) is 1.12. The fourth-order valence-corrected chi connectivity index (χ4v) is 2.78. The molecule has 0 aliphatic heterocycles. The van der Waals surface area contributed by atoms with Crippen molar-refractivity contribution in [1.82, 2.24) is 9.97 Å². The first kappa shape index (κ1) is 9.76. The summed E-state index contributed by atoms with van der Waals surface area (Å²) in [5.41, 5.74) is 6.53. The van der Waals surface area contributed by atoms with Crippen molar-refractivity contribution in [1.29, 1.82) is 0 Å². The standard InChI is InChI=1S/C9H11N3S2/c1-6-4-11-8(14-6)9-12-7(2-3-10)5-13-9/h4-5H,2-3,10H2,1H3. The lowest BCUT2D eigenvalue weighted by Crippen LogP contribution is -2.02. The van der Waals surface area contributed by atoms with Crippen LogP contribution in [0.4, 0.5) is 0 Å². The molecule has 2 heterocycles. The van der Waals surface area contributed by atoms with Crippen LogP contribution in [0.2, 0.25) is 0 Å². The van der Waals surface area contributed by atoms with Crippen molar-refractivity contribution in [2.45, 2.75) is 13.3 Å². The van der Waals surface area contributed by atoms with Gasteiger partial charge in [-0.25, -0.2) is 9.97 Å². The Morgan fingerprint density at radius 3 is 2.93 bits per heavy atom. The number of aromatic nitrogens is 2. The predicted molar refractivity (Wildman–Crippen MR) is 60.7 cm³/mol. The lowest BCUT2D eigenvalue weighted by atomic mass is 10.3. The highest BCUT2D eigenvalue weighted by Crippen LogP contribution is 2.27. The van der Waals surface area contributed by atoms with Crippen LogP contribution in [-0.4, -0.2) is 16.5 Å². The highest BCUT2D eigenvalue weighted by molar-refractivity contribution is 7.20. The van der Waals surface area contributed by atoms with Crippen LogP contribution in [0.25, 0.3) is 10.0 Å². The zero-order valence-electron chi connectivity index (χ0n) is 7.86. The van der Waals surface area contributed by atoms with Crippen molar-refractivity contribution in [3.8, 4) is 10.0 Å². The Morgan fingerprint density at radius 2 is 2.29 bits per heavy atom. The van der Waals surface area contributed by atoms with Crippen molar-refractivity contribution in [3.05, 3.63) is 22.1 Å². The highest BCUT2D eigenvalue weighted by atomic mass is 32.1. The third-order valence-corrected chi connectivity index (χ3v) is 3.70. The van der Waals surface area contributed by atoms with Crippen LogP contribution in [0.15, 0.2) is 11.6 Å². The van der Waals surface area contributed by atoms with E-state index in [1.165, 1.54) is 4.88 Å². The molecular weight excluding hydrogens is 214 g/mol. The number of hydrogen-bond acceptors (Lipinski definition) is 5. The molecule has 2 aromatic rings. The van der Waals surface area contributed by atoms with Gasteiger partial charge in [-0.15, -0.1) is 22.7 Å². The summed E-state index contributed by atoms with van der Waals surface area (Å²) in [6.07, 6.45) is 2.73. The van der Waals surface area contributed by atoms with E-state index in [-0.39, 0.29) is 0 Å². The van der Waals surface area contributed by atoms with Gasteiger partial charge in [0.2, 0.25) is 0 Å². The van der Waals surface area contributed by atoms with Crippen LogP contribution < -0.4 is 5.73 Å². The van der Waals surface area contributed by atoms with E-state index < -0.39 is 0 Å². The van der Waals surface area contributed by atoms with Crippen molar-refractivity contribution in [3.63, 3.8) is 0 Å². The summed E-state index contributed by atoms with van der Waals surface area (Å²) >= 11 is 3.31. The van der Waals surface area contributed by atoms with Crippen molar-refractivity contribution in [2.24, 2.45) is 5.73 Å². The molecule has 0 radical (unpaired) electrons. The van der Waals surface area contributed by atoms with Crippen LogP contribution >= 0.6 is 22.7 Å². The Bertz CT molecular complexity index is 419. The minimum atomic E-state index is 0.653. The molecule has 0 unspecified atom stereocenters. The topological polar surface area (TPSA) is 51.8 Å². The van der Waals surface area contributed by atoms with E-state index in [0.717, 1.165) is 22.1 Å². The van der Waals surface area contributed by atoms with Crippen LogP contribution in [0.3, 0.4) is 0 Å². The lowest BCUT2D eigenvalue weighted by molar-refractivity contribution is 0.936. The molecule has 2 aromatic heterocycles. The zero-order valence-corrected chi connectivity index (χ0v) is 9.49. The average Bonchev–Trinajstić information content (AvgIpc) is 2.74. The largest absolute Gasteiger partial charge is 0.330 e. The molecule has 2 N–H and O–H groups in total. The molecule has 0 aromatic carbocycles. The van der Waals surface area contributed by atoms with E-state index in [2.05, 4.69) is 22.3 Å². The molecule has 5 heteroatoms. The molecule has 0 atom stereocenters. The van der Waals surface area contributed by atoms with Crippen molar-refractivity contribution in [2.75, 3.05) is 6.54 Å². The van der Waals surface area contributed by atoms with Gasteiger partial charge < -0.3 is 5.73 Å². The van der Waals surface area contributed by atoms with Crippen molar-refractivity contribution >= 4 is 22.7 Å². The summed E-state index contributed by atoms with van der Waals surface area (Å²) < 4.78 is 0. The Morgan fingerprint density at radius 1 is 1.43 bits per heavy atom. The minimum absolute atomic E-state index is 0.653. The molecule has 2 rings (SSSR count). The lowest BCUT2D eigenvalue weighted by Gasteiger charge is -1.88. The van der Waals surface area contributed by atoms with Gasteiger partial charge in [0.15, 0.2) is 10.0 Å². The van der Waals surface area contributed by atoms with E-state index in [1.807, 2.05) is 6.20 Å². The Kier molecular flexibility index (Phi) is 2.90. The second-order valence-electron chi connectivity index (χ2n) is 2.96. The first-order valence-corrected chi connectivity index (χ1v) is 6.06. The van der Waals surface area contributed by atoms with Gasteiger partial charge in [-0.05, 0) is 13.5 Å². The summed E-state index contributed by atoms with van der Waals surface area (Å²) in [5, 5.41) is 4.07. The van der Waals surface area contributed by atoms with E-state index >= 15 is 0 Å². The number of aryl methyl sites for hydroxylation is 1. The number of rotatable bonds is 3. The van der Waals surface area contributed by atoms with Gasteiger partial charge in [0.1, 0.15) is 0 Å². The SMILES string of the molecule is Cc1cnc(-c2nc(CCN)cs2)s1. The van der Waals surface area contributed by atoms with E-state index in [0.29, 0.717) is 6.54 Å². The Labute approximate surface area is 90.6 Å². The maximum atomic E-state index is 5.46. The molecule has 0 spiro atoms. The first-order valence-electron chi connectivity index (χ1n) is 4.37. The van der Waals surface area contributed by atoms with E-state index in [9.17, 15) is 0 Å². The average molecular weight is 225 g/mol. The van der Waals surface area contributed by atoms with E-state index in [1.54, 1.807) is 22.7 Å². The van der Waals surface area contributed by atoms with Crippen LogP contribution in [0.5, 0.6) is 0 Å². The highest BCUT2D eigenvalue weighted by Gasteiger charge is 2.07. The van der Waals surface area contributed by atoms with Gasteiger partial charge >= 0.3 is 0 Å². The molecule has 0 bridgehead atoms. The molecule has 0 amide bonds. The molecule has 74 valence electrons. The molecule has 0 aliphatic rings. The molecule has 0 aliphatic carbocycles. The van der Waals surface area contributed by atoms with Crippen LogP contribution in [0.1, 0.15) is 10.6 Å². The maximum Gasteiger partial charge on any atom is 0.152 e. The number of thiazole rings is 2.